The molecule has 0 bridgehead atoms. The number of halogens is 5. The van der Waals surface area contributed by atoms with Crippen molar-refractivity contribution in [2.24, 2.45) is 0 Å². The summed E-state index contributed by atoms with van der Waals surface area (Å²) in [6, 6.07) is 15.5. The Labute approximate surface area is 251 Å². The maximum atomic E-state index is 14.2. The Morgan fingerprint density at radius 3 is 2.33 bits per heavy atom. The Morgan fingerprint density at radius 2 is 1.71 bits per heavy atom. The van der Waals surface area contributed by atoms with Crippen LogP contribution < -0.4 is 15.7 Å². The lowest BCUT2D eigenvalue weighted by atomic mass is 10.1. The number of fused-ring (bicyclic) bond motifs is 1. The van der Waals surface area contributed by atoms with Gasteiger partial charge in [-0.15, -0.1) is 0 Å². The third-order valence-electron chi connectivity index (χ3n) is 6.91. The quantitative estimate of drug-likeness (QED) is 0.285. The predicted molar refractivity (Wildman–Crippen MR) is 153 cm³/mol. The molecular formula is C29H23BrClF3N4O4. The molecule has 2 heterocycles. The highest BCUT2D eigenvalue weighted by Gasteiger charge is 2.43. The molecule has 0 spiro atoms. The van der Waals surface area contributed by atoms with Crippen molar-refractivity contribution in [2.45, 2.75) is 25.3 Å². The number of carbonyl (C=O) groups excluding carboxylic acids is 2. The monoisotopic (exact) mass is 662 g/mol. The zero-order valence-corrected chi connectivity index (χ0v) is 24.3. The molecule has 0 saturated heterocycles. The molecule has 2 amide bonds. The normalized spacial score (nSPS) is 13.8. The van der Waals surface area contributed by atoms with Gasteiger partial charge in [-0.25, -0.2) is 4.79 Å². The SMILES string of the molecule is COc1ccc(-n2c(C(=O)N[C@@H](c3ccccc3)C(F)(F)F)c3n(c2=O)CCN(C(=O)c2ccc(Br)c(Cl)c2)C3)cc1. The van der Waals surface area contributed by atoms with E-state index in [0.29, 0.717) is 15.2 Å². The zero-order valence-electron chi connectivity index (χ0n) is 22.0. The van der Waals surface area contributed by atoms with E-state index in [1.807, 2.05) is 0 Å². The number of aromatic nitrogens is 2. The third-order valence-corrected chi connectivity index (χ3v) is 8.15. The number of hydrogen-bond donors (Lipinski definition) is 1. The van der Waals surface area contributed by atoms with Gasteiger partial charge in [0.15, 0.2) is 6.04 Å². The summed E-state index contributed by atoms with van der Waals surface area (Å²) in [6.07, 6.45) is -4.83. The lowest BCUT2D eigenvalue weighted by Crippen LogP contribution is -2.42. The molecule has 8 nitrogen and oxygen atoms in total. The summed E-state index contributed by atoms with van der Waals surface area (Å²) < 4.78 is 50.7. The van der Waals surface area contributed by atoms with E-state index in [2.05, 4.69) is 21.2 Å². The van der Waals surface area contributed by atoms with Gasteiger partial charge in [-0.05, 0) is 64.0 Å². The number of imidazole rings is 1. The molecule has 0 saturated carbocycles. The largest absolute Gasteiger partial charge is 0.497 e. The van der Waals surface area contributed by atoms with Gasteiger partial charge < -0.3 is 15.0 Å². The van der Waals surface area contributed by atoms with Gasteiger partial charge in [0.1, 0.15) is 11.4 Å². The van der Waals surface area contributed by atoms with Crippen molar-refractivity contribution in [3.63, 3.8) is 0 Å². The standard InChI is InChI=1S/C29H23BrClF3N4O4/c1-42-20-10-8-19(9-11-20)38-24(26(39)35-25(29(32,33)34)17-5-3-2-4-6-17)23-16-36(13-14-37(23)28(38)41)27(40)18-7-12-21(30)22(31)15-18/h2-12,15,25H,13-14,16H2,1H3,(H,35,39)/t25-/m0/s1. The molecule has 0 aliphatic carbocycles. The van der Waals surface area contributed by atoms with Gasteiger partial charge in [0.2, 0.25) is 0 Å². The van der Waals surface area contributed by atoms with Gasteiger partial charge >= 0.3 is 11.9 Å². The fourth-order valence-corrected chi connectivity index (χ4v) is 5.27. The number of benzene rings is 3. The number of alkyl halides is 3. The molecule has 42 heavy (non-hydrogen) atoms. The lowest BCUT2D eigenvalue weighted by Gasteiger charge is -2.29. The van der Waals surface area contributed by atoms with E-state index >= 15 is 0 Å². The number of hydrogen-bond acceptors (Lipinski definition) is 4. The van der Waals surface area contributed by atoms with E-state index in [4.69, 9.17) is 16.3 Å². The highest BCUT2D eigenvalue weighted by atomic mass is 79.9. The number of ether oxygens (including phenoxy) is 1. The molecule has 1 aliphatic heterocycles. The number of nitrogens with zero attached hydrogens (tertiary/aromatic N) is 3. The lowest BCUT2D eigenvalue weighted by molar-refractivity contribution is -0.155. The molecule has 4 aromatic rings. The van der Waals surface area contributed by atoms with Crippen LogP contribution >= 0.6 is 27.5 Å². The van der Waals surface area contributed by atoms with Crippen molar-refractivity contribution in [1.29, 1.82) is 0 Å². The fourth-order valence-electron chi connectivity index (χ4n) is 4.85. The van der Waals surface area contributed by atoms with Gasteiger partial charge in [0.05, 0.1) is 30.1 Å². The molecule has 1 atom stereocenters. The van der Waals surface area contributed by atoms with Crippen LogP contribution in [0, 0.1) is 0 Å². The van der Waals surface area contributed by atoms with E-state index in [9.17, 15) is 27.6 Å². The number of rotatable bonds is 6. The van der Waals surface area contributed by atoms with E-state index in [1.165, 1.54) is 59.0 Å². The second-order valence-corrected chi connectivity index (χ2v) is 10.7. The highest BCUT2D eigenvalue weighted by Crippen LogP contribution is 2.33. The Hall–Kier alpha value is -4.03. The van der Waals surface area contributed by atoms with Crippen LogP contribution in [0.15, 0.2) is 82.1 Å². The minimum absolute atomic E-state index is 0.0228. The smallest absolute Gasteiger partial charge is 0.412 e. The van der Waals surface area contributed by atoms with Crippen LogP contribution in [0.1, 0.15) is 38.1 Å². The summed E-state index contributed by atoms with van der Waals surface area (Å²) in [5, 5.41) is 2.41. The summed E-state index contributed by atoms with van der Waals surface area (Å²) in [6.45, 7) is -0.0486. The van der Waals surface area contributed by atoms with E-state index < -0.39 is 29.7 Å². The second-order valence-electron chi connectivity index (χ2n) is 9.48. The van der Waals surface area contributed by atoms with Crippen LogP contribution in [0.2, 0.25) is 5.02 Å². The maximum Gasteiger partial charge on any atom is 0.412 e. The molecule has 1 aromatic heterocycles. The van der Waals surface area contributed by atoms with E-state index in [0.717, 1.165) is 4.57 Å². The first-order valence-electron chi connectivity index (χ1n) is 12.6. The van der Waals surface area contributed by atoms with Crippen LogP contribution in [0.5, 0.6) is 5.75 Å². The van der Waals surface area contributed by atoms with Gasteiger partial charge in [0, 0.05) is 23.1 Å². The summed E-state index contributed by atoms with van der Waals surface area (Å²) in [5.41, 5.74) is -0.475. The van der Waals surface area contributed by atoms with Crippen LogP contribution in [0.3, 0.4) is 0 Å². The molecule has 0 unspecified atom stereocenters. The van der Waals surface area contributed by atoms with Crippen molar-refractivity contribution < 1.29 is 27.5 Å². The summed E-state index contributed by atoms with van der Waals surface area (Å²) in [5.74, 6) is -1.05. The Balaban J connectivity index is 1.60. The van der Waals surface area contributed by atoms with Crippen LogP contribution in [-0.2, 0) is 13.1 Å². The number of methoxy groups -OCH3 is 1. The molecule has 218 valence electrons. The molecule has 13 heteroatoms. The number of nitrogens with one attached hydrogen (secondary N) is 1. The molecule has 0 radical (unpaired) electrons. The van der Waals surface area contributed by atoms with Gasteiger partial charge in [0.25, 0.3) is 11.8 Å². The minimum atomic E-state index is -4.83. The minimum Gasteiger partial charge on any atom is -0.497 e. The molecule has 3 aromatic carbocycles. The van der Waals surface area contributed by atoms with Crippen LogP contribution in [-0.4, -0.2) is 45.7 Å². The summed E-state index contributed by atoms with van der Waals surface area (Å²) in [4.78, 5) is 42.2. The van der Waals surface area contributed by atoms with Crippen molar-refractivity contribution in [3.8, 4) is 11.4 Å². The summed E-state index contributed by atoms with van der Waals surface area (Å²) >= 11 is 9.46. The van der Waals surface area contributed by atoms with Crippen LogP contribution in [0.4, 0.5) is 13.2 Å². The van der Waals surface area contributed by atoms with Gasteiger partial charge in [-0.3, -0.25) is 18.7 Å². The van der Waals surface area contributed by atoms with Gasteiger partial charge in [-0.2, -0.15) is 13.2 Å². The number of amides is 2. The summed E-state index contributed by atoms with van der Waals surface area (Å²) in [7, 11) is 1.46. The highest BCUT2D eigenvalue weighted by molar-refractivity contribution is 9.10. The average molecular weight is 664 g/mol. The zero-order chi connectivity index (χ0) is 30.2. The number of carbonyl (C=O) groups is 2. The Bertz CT molecular complexity index is 1710. The fraction of sp³-hybridized carbons (Fsp3) is 0.207. The first-order valence-corrected chi connectivity index (χ1v) is 13.8. The third kappa shape index (κ3) is 5.68. The van der Waals surface area contributed by atoms with E-state index in [-0.39, 0.29) is 47.8 Å². The molecule has 5 rings (SSSR count). The van der Waals surface area contributed by atoms with Crippen molar-refractivity contribution in [3.05, 3.63) is 115 Å². The van der Waals surface area contributed by atoms with Crippen molar-refractivity contribution in [2.75, 3.05) is 13.7 Å². The molecule has 1 aliphatic rings. The second kappa shape index (κ2) is 11.7. The molecular weight excluding hydrogens is 641 g/mol. The topological polar surface area (TPSA) is 85.6 Å². The average Bonchev–Trinajstić information content (AvgIpc) is 3.28. The molecule has 0 fully saturated rings. The van der Waals surface area contributed by atoms with Crippen molar-refractivity contribution >= 4 is 39.3 Å². The first-order chi connectivity index (χ1) is 20.0. The molecule has 1 N–H and O–H groups in total. The van der Waals surface area contributed by atoms with Crippen LogP contribution in [0.25, 0.3) is 5.69 Å². The maximum absolute atomic E-state index is 14.2. The Morgan fingerprint density at radius 1 is 1.02 bits per heavy atom. The Kier molecular flexibility index (Phi) is 8.20. The van der Waals surface area contributed by atoms with Gasteiger partial charge in [-0.1, -0.05) is 41.9 Å². The first kappa shape index (κ1) is 29.5. The van der Waals surface area contributed by atoms with E-state index in [1.54, 1.807) is 30.3 Å². The van der Waals surface area contributed by atoms with Crippen molar-refractivity contribution in [1.82, 2.24) is 19.4 Å². The predicted octanol–water partition coefficient (Wildman–Crippen LogP) is 5.75.